The first-order chi connectivity index (χ1) is 11.1. The average molecular weight is 305 g/mol. The molecule has 1 aromatic carbocycles. The van der Waals surface area contributed by atoms with Crippen molar-refractivity contribution in [1.82, 2.24) is 4.98 Å². The molecule has 0 amide bonds. The summed E-state index contributed by atoms with van der Waals surface area (Å²) in [6.07, 6.45) is 8.01. The van der Waals surface area contributed by atoms with Crippen LogP contribution in [0.2, 0.25) is 0 Å². The summed E-state index contributed by atoms with van der Waals surface area (Å²) in [5.41, 5.74) is 9.11. The minimum atomic E-state index is 0.815. The van der Waals surface area contributed by atoms with E-state index in [-0.39, 0.29) is 0 Å². The van der Waals surface area contributed by atoms with Gasteiger partial charge in [-0.1, -0.05) is 51.5 Å². The second-order valence-corrected chi connectivity index (χ2v) is 7.23. The lowest BCUT2D eigenvalue weighted by atomic mass is 9.81. The Morgan fingerprint density at radius 3 is 2.74 bits per heavy atom. The summed E-state index contributed by atoms with van der Waals surface area (Å²) in [5, 5.41) is 0. The van der Waals surface area contributed by atoms with Crippen LogP contribution in [0.1, 0.15) is 55.5 Å². The van der Waals surface area contributed by atoms with Crippen molar-refractivity contribution in [2.75, 3.05) is 0 Å². The Bertz CT molecular complexity index is 725. The summed E-state index contributed by atoms with van der Waals surface area (Å²) in [7, 11) is 0. The van der Waals surface area contributed by atoms with Crippen LogP contribution in [0.25, 0.3) is 16.7 Å². The molecule has 0 spiro atoms. The zero-order valence-corrected chi connectivity index (χ0v) is 14.7. The lowest BCUT2D eigenvalue weighted by Crippen LogP contribution is -2.06. The van der Waals surface area contributed by atoms with E-state index in [9.17, 15) is 0 Å². The number of nitrogens with zero attached hydrogens (tertiary/aromatic N) is 1. The number of rotatable bonds is 5. The van der Waals surface area contributed by atoms with Gasteiger partial charge >= 0.3 is 0 Å². The quantitative estimate of drug-likeness (QED) is 0.618. The predicted octanol–water partition coefficient (Wildman–Crippen LogP) is 6.00. The van der Waals surface area contributed by atoms with Crippen molar-refractivity contribution in [3.05, 3.63) is 59.4 Å². The van der Waals surface area contributed by atoms with Crippen LogP contribution in [-0.2, 0) is 12.8 Å². The van der Waals surface area contributed by atoms with Crippen molar-refractivity contribution in [2.24, 2.45) is 5.92 Å². The number of aromatic nitrogens is 1. The third kappa shape index (κ3) is 3.39. The largest absolute Gasteiger partial charge is 0.261 e. The summed E-state index contributed by atoms with van der Waals surface area (Å²) < 4.78 is 0. The van der Waals surface area contributed by atoms with Crippen molar-refractivity contribution in [1.29, 1.82) is 0 Å². The summed E-state index contributed by atoms with van der Waals surface area (Å²) in [6, 6.07) is 9.14. The highest BCUT2D eigenvalue weighted by molar-refractivity contribution is 5.88. The lowest BCUT2D eigenvalue weighted by molar-refractivity contribution is 0.538. The van der Waals surface area contributed by atoms with Crippen molar-refractivity contribution in [3.63, 3.8) is 0 Å². The van der Waals surface area contributed by atoms with E-state index in [0.29, 0.717) is 0 Å². The van der Waals surface area contributed by atoms with Crippen LogP contribution in [0.5, 0.6) is 0 Å². The van der Waals surface area contributed by atoms with E-state index in [2.05, 4.69) is 56.6 Å². The molecular weight excluding hydrogens is 278 g/mol. The SMILES string of the molecule is C=C1Cc2cc(CCCCC(C)C)ccc2-c2ccnc(C)c21. The molecule has 0 atom stereocenters. The van der Waals surface area contributed by atoms with E-state index in [1.165, 1.54) is 59.1 Å². The van der Waals surface area contributed by atoms with Crippen LogP contribution in [0.4, 0.5) is 0 Å². The van der Waals surface area contributed by atoms with Gasteiger partial charge in [-0.25, -0.2) is 0 Å². The molecule has 0 radical (unpaired) electrons. The van der Waals surface area contributed by atoms with Gasteiger partial charge in [0.25, 0.3) is 0 Å². The minimum Gasteiger partial charge on any atom is -0.261 e. The fourth-order valence-electron chi connectivity index (χ4n) is 3.65. The lowest BCUT2D eigenvalue weighted by Gasteiger charge is -2.23. The van der Waals surface area contributed by atoms with Gasteiger partial charge < -0.3 is 0 Å². The second kappa shape index (κ2) is 6.70. The molecule has 0 aliphatic heterocycles. The molecule has 120 valence electrons. The smallest absolute Gasteiger partial charge is 0.0453 e. The molecule has 23 heavy (non-hydrogen) atoms. The molecular formula is C22H27N. The normalized spacial score (nSPS) is 13.1. The minimum absolute atomic E-state index is 0.815. The van der Waals surface area contributed by atoms with Crippen LogP contribution in [0.15, 0.2) is 37.0 Å². The van der Waals surface area contributed by atoms with Crippen LogP contribution in [-0.4, -0.2) is 4.98 Å². The Balaban J connectivity index is 1.82. The maximum absolute atomic E-state index is 4.44. The molecule has 0 unspecified atom stereocenters. The molecule has 1 heteroatoms. The third-order valence-corrected chi connectivity index (χ3v) is 4.85. The van der Waals surface area contributed by atoms with Gasteiger partial charge in [0.05, 0.1) is 0 Å². The highest BCUT2D eigenvalue weighted by atomic mass is 14.7. The number of benzene rings is 1. The summed E-state index contributed by atoms with van der Waals surface area (Å²) >= 11 is 0. The Morgan fingerprint density at radius 2 is 1.96 bits per heavy atom. The topological polar surface area (TPSA) is 12.9 Å². The predicted molar refractivity (Wildman–Crippen MR) is 99.5 cm³/mol. The van der Waals surface area contributed by atoms with E-state index in [1.54, 1.807) is 0 Å². The number of allylic oxidation sites excluding steroid dienone is 1. The summed E-state index contributed by atoms with van der Waals surface area (Å²) in [5.74, 6) is 0.815. The molecule has 0 N–H and O–H groups in total. The fourth-order valence-corrected chi connectivity index (χ4v) is 3.65. The van der Waals surface area contributed by atoms with Crippen molar-refractivity contribution in [2.45, 2.75) is 52.9 Å². The number of hydrogen-bond donors (Lipinski definition) is 0. The average Bonchev–Trinajstić information content (AvgIpc) is 2.51. The van der Waals surface area contributed by atoms with Crippen LogP contribution >= 0.6 is 0 Å². The Morgan fingerprint density at radius 1 is 1.13 bits per heavy atom. The van der Waals surface area contributed by atoms with Crippen LogP contribution in [0.3, 0.4) is 0 Å². The molecule has 1 heterocycles. The van der Waals surface area contributed by atoms with E-state index < -0.39 is 0 Å². The molecule has 1 aromatic heterocycles. The van der Waals surface area contributed by atoms with Gasteiger partial charge in [0.2, 0.25) is 0 Å². The van der Waals surface area contributed by atoms with Gasteiger partial charge in [0.15, 0.2) is 0 Å². The van der Waals surface area contributed by atoms with E-state index in [0.717, 1.165) is 18.0 Å². The van der Waals surface area contributed by atoms with Gasteiger partial charge in [0, 0.05) is 17.5 Å². The Kier molecular flexibility index (Phi) is 4.66. The second-order valence-electron chi connectivity index (χ2n) is 7.23. The van der Waals surface area contributed by atoms with E-state index in [4.69, 9.17) is 0 Å². The monoisotopic (exact) mass is 305 g/mol. The number of pyridine rings is 1. The standard InChI is InChI=1S/C22H27N/c1-15(2)7-5-6-8-18-9-10-20-19(14-18)13-16(3)22-17(4)23-12-11-21(20)22/h9-12,14-15H,3,5-8,13H2,1-2,4H3. The van der Waals surface area contributed by atoms with Crippen molar-refractivity contribution in [3.8, 4) is 11.1 Å². The summed E-state index contributed by atoms with van der Waals surface area (Å²) in [6.45, 7) is 11.0. The highest BCUT2D eigenvalue weighted by Crippen LogP contribution is 2.39. The first-order valence-electron chi connectivity index (χ1n) is 8.82. The van der Waals surface area contributed by atoms with Gasteiger partial charge in [-0.15, -0.1) is 0 Å². The molecule has 1 nitrogen and oxygen atoms in total. The Hall–Kier alpha value is -1.89. The first kappa shape index (κ1) is 16.0. The molecule has 1 aliphatic rings. The van der Waals surface area contributed by atoms with E-state index >= 15 is 0 Å². The molecule has 0 fully saturated rings. The number of aryl methyl sites for hydroxylation is 2. The van der Waals surface area contributed by atoms with Gasteiger partial charge in [0.1, 0.15) is 0 Å². The molecule has 2 aromatic rings. The zero-order chi connectivity index (χ0) is 16.4. The molecule has 0 saturated carbocycles. The van der Waals surface area contributed by atoms with Gasteiger partial charge in [-0.05, 0) is 66.0 Å². The van der Waals surface area contributed by atoms with Crippen LogP contribution < -0.4 is 0 Å². The van der Waals surface area contributed by atoms with Gasteiger partial charge in [-0.3, -0.25) is 4.98 Å². The molecule has 0 bridgehead atoms. The van der Waals surface area contributed by atoms with Crippen molar-refractivity contribution >= 4 is 5.57 Å². The highest BCUT2D eigenvalue weighted by Gasteiger charge is 2.20. The molecule has 1 aliphatic carbocycles. The fraction of sp³-hybridized carbons (Fsp3) is 0.409. The van der Waals surface area contributed by atoms with Crippen molar-refractivity contribution < 1.29 is 0 Å². The molecule has 0 saturated heterocycles. The summed E-state index contributed by atoms with van der Waals surface area (Å²) in [4.78, 5) is 4.44. The van der Waals surface area contributed by atoms with Gasteiger partial charge in [-0.2, -0.15) is 0 Å². The first-order valence-corrected chi connectivity index (χ1v) is 8.82. The third-order valence-electron chi connectivity index (χ3n) is 4.85. The van der Waals surface area contributed by atoms with Crippen LogP contribution in [0, 0.1) is 12.8 Å². The Labute approximate surface area is 140 Å². The maximum Gasteiger partial charge on any atom is 0.0453 e. The number of fused-ring (bicyclic) bond motifs is 3. The van der Waals surface area contributed by atoms with E-state index in [1.807, 2.05) is 6.20 Å². The zero-order valence-electron chi connectivity index (χ0n) is 14.7. The molecule has 3 rings (SSSR count). The number of hydrogen-bond acceptors (Lipinski definition) is 1. The number of unbranched alkanes of at least 4 members (excludes halogenated alkanes) is 1. The maximum atomic E-state index is 4.44.